The number of nitrogens with one attached hydrogen (secondary N) is 1. The molecule has 5 heteroatoms. The first kappa shape index (κ1) is 11.0. The predicted molar refractivity (Wildman–Crippen MR) is 54.6 cm³/mol. The molecule has 0 saturated heterocycles. The van der Waals surface area contributed by atoms with Crippen molar-refractivity contribution in [3.8, 4) is 0 Å². The molecular weight excluding hydrogens is 194 g/mol. The van der Waals surface area contributed by atoms with E-state index in [1.807, 2.05) is 18.2 Å². The Labute approximate surface area is 87.2 Å². The second kappa shape index (κ2) is 5.64. The van der Waals surface area contributed by atoms with E-state index in [2.05, 4.69) is 15.5 Å². The van der Waals surface area contributed by atoms with Gasteiger partial charge >= 0.3 is 0 Å². The molecule has 0 heterocycles. The van der Waals surface area contributed by atoms with Gasteiger partial charge in [0.1, 0.15) is 6.54 Å². The Hall–Kier alpha value is -2.04. The summed E-state index contributed by atoms with van der Waals surface area (Å²) in [6, 6.07) is 9.05. The average molecular weight is 205 g/mol. The lowest BCUT2D eigenvalue weighted by Gasteiger charge is -1.95. The Morgan fingerprint density at radius 1 is 1.27 bits per heavy atom. The normalized spacial score (nSPS) is 10.2. The zero-order valence-electron chi connectivity index (χ0n) is 8.30. The van der Waals surface area contributed by atoms with Gasteiger partial charge in [0.25, 0.3) is 0 Å². The maximum Gasteiger partial charge on any atom is 0.250 e. The minimum atomic E-state index is -0.456. The molecule has 1 aromatic rings. The maximum atomic E-state index is 11.0. The van der Waals surface area contributed by atoms with E-state index in [-0.39, 0.29) is 6.54 Å². The molecule has 0 aliphatic heterocycles. The van der Waals surface area contributed by atoms with Crippen LogP contribution in [-0.4, -0.2) is 18.4 Å². The largest absolute Gasteiger partial charge is 0.295 e. The van der Waals surface area contributed by atoms with Crippen molar-refractivity contribution in [3.05, 3.63) is 30.3 Å². The summed E-state index contributed by atoms with van der Waals surface area (Å²) in [6.07, 6.45) is 0. The number of rotatable bonds is 3. The molecule has 0 spiro atoms. The molecule has 78 valence electrons. The topological polar surface area (TPSA) is 70.9 Å². The molecule has 1 aromatic carbocycles. The number of carbonyl (C=O) groups excluding carboxylic acids is 2. The molecule has 0 bridgehead atoms. The molecule has 0 aliphatic carbocycles. The number of imide groups is 1. The molecule has 15 heavy (non-hydrogen) atoms. The predicted octanol–water partition coefficient (Wildman–Crippen LogP) is 1.43. The molecule has 0 aliphatic rings. The number of nitrogens with zero attached hydrogens (tertiary/aromatic N) is 2. The molecule has 0 unspecified atom stereocenters. The summed E-state index contributed by atoms with van der Waals surface area (Å²) in [5.74, 6) is -0.850. The average Bonchev–Trinajstić information content (AvgIpc) is 2.18. The Kier molecular flexibility index (Phi) is 4.15. The highest BCUT2D eigenvalue weighted by Crippen LogP contribution is 2.09. The van der Waals surface area contributed by atoms with Crippen molar-refractivity contribution < 1.29 is 9.59 Å². The van der Waals surface area contributed by atoms with E-state index >= 15 is 0 Å². The van der Waals surface area contributed by atoms with E-state index < -0.39 is 11.8 Å². The van der Waals surface area contributed by atoms with Crippen molar-refractivity contribution in [2.45, 2.75) is 6.92 Å². The summed E-state index contributed by atoms with van der Waals surface area (Å²) in [5, 5.41) is 9.56. The fourth-order valence-corrected chi connectivity index (χ4v) is 0.912. The standard InChI is InChI=1S/C10H11N3O2/c1-8(14)12-10(15)7-11-13-9-5-3-2-4-6-9/h2-6H,7H2,1H3,(H,12,14,15). The number of amides is 2. The second-order valence-electron chi connectivity index (χ2n) is 2.84. The van der Waals surface area contributed by atoms with Gasteiger partial charge in [-0.05, 0) is 12.1 Å². The van der Waals surface area contributed by atoms with Crippen molar-refractivity contribution in [1.82, 2.24) is 5.32 Å². The van der Waals surface area contributed by atoms with Crippen LogP contribution in [0.3, 0.4) is 0 Å². The van der Waals surface area contributed by atoms with Crippen molar-refractivity contribution >= 4 is 17.5 Å². The van der Waals surface area contributed by atoms with Crippen LogP contribution >= 0.6 is 0 Å². The molecule has 2 amide bonds. The van der Waals surface area contributed by atoms with Crippen molar-refractivity contribution in [2.24, 2.45) is 10.2 Å². The Morgan fingerprint density at radius 2 is 1.93 bits per heavy atom. The van der Waals surface area contributed by atoms with Crippen LogP contribution in [0, 0.1) is 0 Å². The number of carbonyl (C=O) groups is 2. The quantitative estimate of drug-likeness (QED) is 0.758. The fourth-order valence-electron chi connectivity index (χ4n) is 0.912. The van der Waals surface area contributed by atoms with Crippen LogP contribution in [0.25, 0.3) is 0 Å². The Balaban J connectivity index is 2.40. The van der Waals surface area contributed by atoms with Gasteiger partial charge in [0.2, 0.25) is 11.8 Å². The molecular formula is C10H11N3O2. The van der Waals surface area contributed by atoms with Crippen LogP contribution in [0.1, 0.15) is 6.92 Å². The highest BCUT2D eigenvalue weighted by molar-refractivity contribution is 5.94. The molecule has 0 atom stereocenters. The van der Waals surface area contributed by atoms with Gasteiger partial charge in [-0.2, -0.15) is 10.2 Å². The van der Waals surface area contributed by atoms with Crippen molar-refractivity contribution in [3.63, 3.8) is 0 Å². The van der Waals surface area contributed by atoms with Crippen LogP contribution in [0.5, 0.6) is 0 Å². The van der Waals surface area contributed by atoms with Crippen molar-refractivity contribution in [2.75, 3.05) is 6.54 Å². The summed E-state index contributed by atoms with van der Waals surface area (Å²) in [4.78, 5) is 21.4. The van der Waals surface area contributed by atoms with Crippen LogP contribution < -0.4 is 5.32 Å². The number of hydrogen-bond acceptors (Lipinski definition) is 4. The van der Waals surface area contributed by atoms with E-state index in [9.17, 15) is 9.59 Å². The summed E-state index contributed by atoms with van der Waals surface area (Å²) in [6.45, 7) is 1.13. The minimum Gasteiger partial charge on any atom is -0.295 e. The number of benzene rings is 1. The molecule has 0 radical (unpaired) electrons. The van der Waals surface area contributed by atoms with Crippen molar-refractivity contribution in [1.29, 1.82) is 0 Å². The van der Waals surface area contributed by atoms with Gasteiger partial charge in [0.05, 0.1) is 5.69 Å². The number of azo groups is 1. The third-order valence-corrected chi connectivity index (χ3v) is 1.47. The van der Waals surface area contributed by atoms with E-state index in [4.69, 9.17) is 0 Å². The molecule has 0 aromatic heterocycles. The van der Waals surface area contributed by atoms with Gasteiger partial charge in [-0.3, -0.25) is 14.9 Å². The Bertz CT molecular complexity index is 374. The summed E-state index contributed by atoms with van der Waals surface area (Å²) < 4.78 is 0. The SMILES string of the molecule is CC(=O)NC(=O)CN=Nc1ccccc1. The second-order valence-corrected chi connectivity index (χ2v) is 2.84. The third-order valence-electron chi connectivity index (χ3n) is 1.47. The fraction of sp³-hybridized carbons (Fsp3) is 0.200. The summed E-state index contributed by atoms with van der Waals surface area (Å²) in [5.41, 5.74) is 0.674. The van der Waals surface area contributed by atoms with E-state index in [0.29, 0.717) is 5.69 Å². The van der Waals surface area contributed by atoms with Crippen LogP contribution in [-0.2, 0) is 9.59 Å². The van der Waals surface area contributed by atoms with E-state index in [1.165, 1.54) is 6.92 Å². The highest BCUT2D eigenvalue weighted by Gasteiger charge is 2.00. The molecule has 1 rings (SSSR count). The molecule has 0 saturated carbocycles. The molecule has 0 fully saturated rings. The van der Waals surface area contributed by atoms with Gasteiger partial charge in [0, 0.05) is 6.92 Å². The van der Waals surface area contributed by atoms with E-state index in [0.717, 1.165) is 0 Å². The van der Waals surface area contributed by atoms with Gasteiger partial charge in [-0.1, -0.05) is 18.2 Å². The first-order valence-electron chi connectivity index (χ1n) is 4.41. The zero-order valence-corrected chi connectivity index (χ0v) is 8.30. The number of hydrogen-bond donors (Lipinski definition) is 1. The van der Waals surface area contributed by atoms with Gasteiger partial charge in [-0.25, -0.2) is 0 Å². The van der Waals surface area contributed by atoms with Crippen LogP contribution in [0.15, 0.2) is 40.6 Å². The minimum absolute atomic E-state index is 0.144. The molecule has 1 N–H and O–H groups in total. The smallest absolute Gasteiger partial charge is 0.250 e. The van der Waals surface area contributed by atoms with Gasteiger partial charge in [-0.15, -0.1) is 0 Å². The summed E-state index contributed by atoms with van der Waals surface area (Å²) in [7, 11) is 0. The third kappa shape index (κ3) is 4.66. The monoisotopic (exact) mass is 205 g/mol. The zero-order chi connectivity index (χ0) is 11.1. The van der Waals surface area contributed by atoms with Gasteiger partial charge in [0.15, 0.2) is 0 Å². The lowest BCUT2D eigenvalue weighted by atomic mass is 10.3. The first-order chi connectivity index (χ1) is 7.18. The Morgan fingerprint density at radius 3 is 2.53 bits per heavy atom. The van der Waals surface area contributed by atoms with Crippen LogP contribution in [0.4, 0.5) is 5.69 Å². The molecule has 5 nitrogen and oxygen atoms in total. The first-order valence-corrected chi connectivity index (χ1v) is 4.41. The lowest BCUT2D eigenvalue weighted by Crippen LogP contribution is -2.29. The lowest BCUT2D eigenvalue weighted by molar-refractivity contribution is -0.128. The van der Waals surface area contributed by atoms with Gasteiger partial charge < -0.3 is 0 Å². The highest BCUT2D eigenvalue weighted by atomic mass is 16.2. The van der Waals surface area contributed by atoms with Crippen LogP contribution in [0.2, 0.25) is 0 Å². The van der Waals surface area contributed by atoms with E-state index in [1.54, 1.807) is 12.1 Å². The maximum absolute atomic E-state index is 11.0. The summed E-state index contributed by atoms with van der Waals surface area (Å²) >= 11 is 0.